The zero-order valence-electron chi connectivity index (χ0n) is 8.51. The molecule has 70 valence electrons. The van der Waals surface area contributed by atoms with Crippen LogP contribution in [0.3, 0.4) is 0 Å². The Morgan fingerprint density at radius 3 is 3.15 bits per heavy atom. The highest BCUT2D eigenvalue weighted by molar-refractivity contribution is 5.30. The lowest BCUT2D eigenvalue weighted by atomic mass is 9.83. The minimum absolute atomic E-state index is 0.774. The third kappa shape index (κ3) is 1.60. The maximum absolute atomic E-state index is 4.52. The minimum atomic E-state index is 0.774. The van der Waals surface area contributed by atoms with Crippen molar-refractivity contribution in [1.82, 2.24) is 4.98 Å². The second-order valence-corrected chi connectivity index (χ2v) is 4.05. The molecule has 1 heteroatoms. The summed E-state index contributed by atoms with van der Waals surface area (Å²) in [7, 11) is 0. The van der Waals surface area contributed by atoms with E-state index in [9.17, 15) is 0 Å². The molecule has 1 aliphatic rings. The third-order valence-electron chi connectivity index (χ3n) is 3.04. The Morgan fingerprint density at radius 2 is 2.38 bits per heavy atom. The van der Waals surface area contributed by atoms with Gasteiger partial charge < -0.3 is 0 Å². The molecule has 1 unspecified atom stereocenters. The molecule has 1 aromatic heterocycles. The average Bonchev–Trinajstić information content (AvgIpc) is 2.17. The molecule has 1 atom stereocenters. The van der Waals surface area contributed by atoms with Crippen molar-refractivity contribution in [2.45, 2.75) is 45.4 Å². The van der Waals surface area contributed by atoms with E-state index in [-0.39, 0.29) is 0 Å². The normalized spacial score (nSPS) is 21.2. The monoisotopic (exact) mass is 175 g/mol. The summed E-state index contributed by atoms with van der Waals surface area (Å²) in [4.78, 5) is 4.52. The maximum Gasteiger partial charge on any atom is 0.0438 e. The van der Waals surface area contributed by atoms with Gasteiger partial charge in [-0.15, -0.1) is 0 Å². The first-order valence-corrected chi connectivity index (χ1v) is 5.26. The van der Waals surface area contributed by atoms with E-state index in [1.165, 1.54) is 42.5 Å². The van der Waals surface area contributed by atoms with Crippen molar-refractivity contribution in [2.24, 2.45) is 0 Å². The molecule has 0 saturated heterocycles. The topological polar surface area (TPSA) is 12.9 Å². The molecule has 1 aliphatic carbocycles. The first-order valence-electron chi connectivity index (χ1n) is 5.26. The van der Waals surface area contributed by atoms with Gasteiger partial charge in [-0.1, -0.05) is 13.0 Å². The maximum atomic E-state index is 4.52. The van der Waals surface area contributed by atoms with Gasteiger partial charge in [-0.3, -0.25) is 4.98 Å². The fraction of sp³-hybridized carbons (Fsp3) is 0.583. The smallest absolute Gasteiger partial charge is 0.0438 e. The number of hydrogen-bond donors (Lipinski definition) is 0. The summed E-state index contributed by atoms with van der Waals surface area (Å²) in [6.07, 6.45) is 7.12. The van der Waals surface area contributed by atoms with E-state index in [0.29, 0.717) is 0 Å². The first kappa shape index (κ1) is 8.74. The summed E-state index contributed by atoms with van der Waals surface area (Å²) in [5.41, 5.74) is 4.18. The number of pyridine rings is 1. The van der Waals surface area contributed by atoms with E-state index in [1.807, 2.05) is 6.20 Å². The third-order valence-corrected chi connectivity index (χ3v) is 3.04. The summed E-state index contributed by atoms with van der Waals surface area (Å²) < 4.78 is 0. The molecular formula is C12H17N. The molecular weight excluding hydrogens is 158 g/mol. The molecule has 0 aromatic carbocycles. The Balaban J connectivity index is 2.41. The van der Waals surface area contributed by atoms with E-state index in [2.05, 4.69) is 24.9 Å². The molecule has 1 heterocycles. The molecule has 1 aromatic rings. The van der Waals surface area contributed by atoms with Crippen LogP contribution in [0.2, 0.25) is 0 Å². The minimum Gasteiger partial charge on any atom is -0.261 e. The number of nitrogens with zero attached hydrogens (tertiary/aromatic N) is 1. The summed E-state index contributed by atoms with van der Waals surface area (Å²) in [5.74, 6) is 0.774. The van der Waals surface area contributed by atoms with E-state index < -0.39 is 0 Å². The highest BCUT2D eigenvalue weighted by Crippen LogP contribution is 2.32. The molecule has 2 rings (SSSR count). The molecule has 0 radical (unpaired) electrons. The Hall–Kier alpha value is -0.850. The molecule has 0 spiro atoms. The van der Waals surface area contributed by atoms with Crippen LogP contribution in [0, 0.1) is 6.92 Å². The van der Waals surface area contributed by atoms with Crippen LogP contribution in [0.5, 0.6) is 0 Å². The van der Waals surface area contributed by atoms with Crippen molar-refractivity contribution in [3.63, 3.8) is 0 Å². The van der Waals surface area contributed by atoms with Gasteiger partial charge in [0.1, 0.15) is 0 Å². The van der Waals surface area contributed by atoms with E-state index >= 15 is 0 Å². The summed E-state index contributed by atoms with van der Waals surface area (Å²) in [6, 6.07) is 2.33. The number of hydrogen-bond acceptors (Lipinski definition) is 1. The largest absolute Gasteiger partial charge is 0.261 e. The second kappa shape index (κ2) is 3.49. The van der Waals surface area contributed by atoms with Crippen LogP contribution >= 0.6 is 0 Å². The van der Waals surface area contributed by atoms with Crippen LogP contribution in [0.15, 0.2) is 12.3 Å². The van der Waals surface area contributed by atoms with Gasteiger partial charge in [0.2, 0.25) is 0 Å². The first-order chi connectivity index (χ1) is 6.31. The van der Waals surface area contributed by atoms with E-state index in [0.717, 1.165) is 5.92 Å². The van der Waals surface area contributed by atoms with Gasteiger partial charge >= 0.3 is 0 Å². The summed E-state index contributed by atoms with van der Waals surface area (Å²) >= 11 is 0. The van der Waals surface area contributed by atoms with Crippen molar-refractivity contribution in [3.8, 4) is 0 Å². The summed E-state index contributed by atoms with van der Waals surface area (Å²) in [6.45, 7) is 4.41. The molecule has 1 nitrogen and oxygen atoms in total. The number of aromatic nitrogens is 1. The highest BCUT2D eigenvalue weighted by Gasteiger charge is 2.19. The second-order valence-electron chi connectivity index (χ2n) is 4.05. The van der Waals surface area contributed by atoms with Crippen LogP contribution in [-0.2, 0) is 6.42 Å². The van der Waals surface area contributed by atoms with Crippen LogP contribution in [-0.4, -0.2) is 4.98 Å². The molecule has 0 N–H and O–H groups in total. The zero-order valence-corrected chi connectivity index (χ0v) is 8.51. The molecule has 13 heavy (non-hydrogen) atoms. The van der Waals surface area contributed by atoms with Gasteiger partial charge in [0.05, 0.1) is 0 Å². The lowest BCUT2D eigenvalue weighted by Crippen LogP contribution is -2.11. The standard InChI is InChI=1S/C12H17N/c1-3-10-5-4-6-12-11(10)7-9(2)8-13-12/h7-8,10H,3-6H2,1-2H3. The zero-order chi connectivity index (χ0) is 9.26. The predicted octanol–water partition coefficient (Wildman–Crippen LogP) is 3.22. The van der Waals surface area contributed by atoms with Gasteiger partial charge in [0, 0.05) is 11.9 Å². The van der Waals surface area contributed by atoms with Gasteiger partial charge in [0.25, 0.3) is 0 Å². The van der Waals surface area contributed by atoms with Gasteiger partial charge in [0.15, 0.2) is 0 Å². The average molecular weight is 175 g/mol. The van der Waals surface area contributed by atoms with Crippen LogP contribution < -0.4 is 0 Å². The van der Waals surface area contributed by atoms with Gasteiger partial charge in [-0.05, 0) is 49.7 Å². The fourth-order valence-electron chi connectivity index (χ4n) is 2.28. The Bertz CT molecular complexity index is 304. The Morgan fingerprint density at radius 1 is 1.54 bits per heavy atom. The Kier molecular flexibility index (Phi) is 2.34. The molecule has 0 amide bonds. The van der Waals surface area contributed by atoms with Gasteiger partial charge in [-0.25, -0.2) is 0 Å². The number of aryl methyl sites for hydroxylation is 2. The quantitative estimate of drug-likeness (QED) is 0.638. The van der Waals surface area contributed by atoms with Crippen LogP contribution in [0.1, 0.15) is 48.9 Å². The van der Waals surface area contributed by atoms with Crippen LogP contribution in [0.25, 0.3) is 0 Å². The fourth-order valence-corrected chi connectivity index (χ4v) is 2.28. The van der Waals surface area contributed by atoms with Gasteiger partial charge in [-0.2, -0.15) is 0 Å². The molecule has 0 saturated carbocycles. The highest BCUT2D eigenvalue weighted by atomic mass is 14.7. The number of fused-ring (bicyclic) bond motifs is 1. The van der Waals surface area contributed by atoms with Crippen molar-refractivity contribution in [3.05, 3.63) is 29.1 Å². The van der Waals surface area contributed by atoms with E-state index in [4.69, 9.17) is 0 Å². The summed E-state index contributed by atoms with van der Waals surface area (Å²) in [5, 5.41) is 0. The molecule has 0 fully saturated rings. The van der Waals surface area contributed by atoms with Crippen molar-refractivity contribution in [2.75, 3.05) is 0 Å². The molecule has 0 bridgehead atoms. The van der Waals surface area contributed by atoms with Crippen molar-refractivity contribution >= 4 is 0 Å². The predicted molar refractivity (Wildman–Crippen MR) is 54.9 cm³/mol. The number of rotatable bonds is 1. The lowest BCUT2D eigenvalue weighted by Gasteiger charge is -2.23. The van der Waals surface area contributed by atoms with Crippen LogP contribution in [0.4, 0.5) is 0 Å². The molecule has 0 aliphatic heterocycles. The lowest BCUT2D eigenvalue weighted by molar-refractivity contribution is 0.531. The SMILES string of the molecule is CCC1CCCc2ncc(C)cc21. The van der Waals surface area contributed by atoms with Crippen molar-refractivity contribution in [1.29, 1.82) is 0 Å². The Labute approximate surface area is 80.2 Å². The van der Waals surface area contributed by atoms with E-state index in [1.54, 1.807) is 0 Å². The van der Waals surface area contributed by atoms with Crippen molar-refractivity contribution < 1.29 is 0 Å².